The lowest BCUT2D eigenvalue weighted by Crippen LogP contribution is -2.23. The van der Waals surface area contributed by atoms with E-state index in [4.69, 9.17) is 14.2 Å². The van der Waals surface area contributed by atoms with Gasteiger partial charge in [-0.15, -0.1) is 0 Å². The van der Waals surface area contributed by atoms with E-state index in [1.165, 1.54) is 0 Å². The SMILES string of the molecule is Cc1ccc(C)c(OCC(=O)OCC(=O)Nc2ccc(C(=O)OC(C)C)cc2)c1. The Morgan fingerprint density at radius 2 is 1.66 bits per heavy atom. The van der Waals surface area contributed by atoms with Crippen LogP contribution in [0.2, 0.25) is 0 Å². The predicted octanol–water partition coefficient (Wildman–Crippen LogP) is 3.43. The second-order valence-corrected chi connectivity index (χ2v) is 6.80. The minimum absolute atomic E-state index is 0.213. The summed E-state index contributed by atoms with van der Waals surface area (Å²) >= 11 is 0. The first kappa shape index (κ1) is 21.9. The molecule has 1 amide bonds. The highest BCUT2D eigenvalue weighted by Crippen LogP contribution is 2.19. The van der Waals surface area contributed by atoms with Gasteiger partial charge in [0.15, 0.2) is 13.2 Å². The van der Waals surface area contributed by atoms with E-state index in [0.29, 0.717) is 17.0 Å². The molecular formula is C22H25NO6. The Hall–Kier alpha value is -3.35. The summed E-state index contributed by atoms with van der Waals surface area (Å²) in [6, 6.07) is 11.9. The van der Waals surface area contributed by atoms with Gasteiger partial charge in [0, 0.05) is 5.69 Å². The fourth-order valence-corrected chi connectivity index (χ4v) is 2.36. The Labute approximate surface area is 170 Å². The zero-order valence-corrected chi connectivity index (χ0v) is 17.0. The van der Waals surface area contributed by atoms with Crippen LogP contribution in [0.4, 0.5) is 5.69 Å². The second-order valence-electron chi connectivity index (χ2n) is 6.80. The minimum atomic E-state index is -0.646. The molecule has 0 aromatic heterocycles. The van der Waals surface area contributed by atoms with Crippen molar-refractivity contribution < 1.29 is 28.6 Å². The first-order valence-corrected chi connectivity index (χ1v) is 9.21. The number of amides is 1. The molecule has 7 heteroatoms. The maximum atomic E-state index is 11.9. The Balaban J connectivity index is 1.77. The standard InChI is InChI=1S/C22H25NO6/c1-14(2)29-22(26)17-7-9-18(10-8-17)23-20(24)12-28-21(25)13-27-19-11-15(3)5-6-16(19)4/h5-11,14H,12-13H2,1-4H3,(H,23,24). The Bertz CT molecular complexity index is 873. The lowest BCUT2D eigenvalue weighted by Gasteiger charge is -2.10. The van der Waals surface area contributed by atoms with E-state index in [2.05, 4.69) is 5.32 Å². The average Bonchev–Trinajstić information content (AvgIpc) is 2.67. The van der Waals surface area contributed by atoms with Gasteiger partial charge in [-0.1, -0.05) is 12.1 Å². The summed E-state index contributed by atoms with van der Waals surface area (Å²) < 4.78 is 15.5. The van der Waals surface area contributed by atoms with Crippen LogP contribution in [0.3, 0.4) is 0 Å². The van der Waals surface area contributed by atoms with E-state index in [1.54, 1.807) is 38.1 Å². The molecule has 0 saturated carbocycles. The molecule has 0 spiro atoms. The molecule has 1 N–H and O–H groups in total. The normalized spacial score (nSPS) is 10.4. The fourth-order valence-electron chi connectivity index (χ4n) is 2.36. The molecular weight excluding hydrogens is 374 g/mol. The number of hydrogen-bond donors (Lipinski definition) is 1. The van der Waals surface area contributed by atoms with Crippen molar-refractivity contribution in [2.24, 2.45) is 0 Å². The van der Waals surface area contributed by atoms with Crippen LogP contribution in [0.1, 0.15) is 35.3 Å². The summed E-state index contributed by atoms with van der Waals surface area (Å²) in [5.74, 6) is -0.978. The van der Waals surface area contributed by atoms with Gasteiger partial charge in [-0.3, -0.25) is 4.79 Å². The first-order valence-electron chi connectivity index (χ1n) is 9.21. The number of anilines is 1. The number of hydrogen-bond acceptors (Lipinski definition) is 6. The number of rotatable bonds is 8. The molecule has 2 aromatic rings. The molecule has 0 aliphatic rings. The first-order chi connectivity index (χ1) is 13.7. The third kappa shape index (κ3) is 7.29. The third-order valence-corrected chi connectivity index (χ3v) is 3.80. The number of ether oxygens (including phenoxy) is 3. The highest BCUT2D eigenvalue weighted by Gasteiger charge is 2.12. The van der Waals surface area contributed by atoms with Crippen molar-refractivity contribution in [3.8, 4) is 5.75 Å². The molecule has 0 unspecified atom stereocenters. The number of benzene rings is 2. The van der Waals surface area contributed by atoms with E-state index in [1.807, 2.05) is 32.0 Å². The number of esters is 2. The van der Waals surface area contributed by atoms with Crippen molar-refractivity contribution in [2.75, 3.05) is 18.5 Å². The lowest BCUT2D eigenvalue weighted by atomic mass is 10.1. The summed E-state index contributed by atoms with van der Waals surface area (Å²) in [5, 5.41) is 2.59. The van der Waals surface area contributed by atoms with Crippen molar-refractivity contribution in [1.29, 1.82) is 0 Å². The van der Waals surface area contributed by atoms with Crippen molar-refractivity contribution >= 4 is 23.5 Å². The molecule has 7 nitrogen and oxygen atoms in total. The van der Waals surface area contributed by atoms with Gasteiger partial charge in [-0.2, -0.15) is 0 Å². The number of aryl methyl sites for hydroxylation is 2. The summed E-state index contributed by atoms with van der Waals surface area (Å²) in [5.41, 5.74) is 2.77. The van der Waals surface area contributed by atoms with Gasteiger partial charge >= 0.3 is 11.9 Å². The predicted molar refractivity (Wildman–Crippen MR) is 108 cm³/mol. The van der Waals surface area contributed by atoms with Gasteiger partial charge in [0.05, 0.1) is 11.7 Å². The van der Waals surface area contributed by atoms with Crippen LogP contribution in [0, 0.1) is 13.8 Å². The molecule has 0 heterocycles. The van der Waals surface area contributed by atoms with Crippen molar-refractivity contribution in [1.82, 2.24) is 0 Å². The number of nitrogens with one attached hydrogen (secondary N) is 1. The van der Waals surface area contributed by atoms with Crippen LogP contribution < -0.4 is 10.1 Å². The van der Waals surface area contributed by atoms with Gasteiger partial charge in [0.25, 0.3) is 5.91 Å². The van der Waals surface area contributed by atoms with E-state index < -0.39 is 24.5 Å². The van der Waals surface area contributed by atoms with E-state index in [-0.39, 0.29) is 12.7 Å². The lowest BCUT2D eigenvalue weighted by molar-refractivity contribution is -0.149. The third-order valence-electron chi connectivity index (χ3n) is 3.80. The molecule has 0 aliphatic heterocycles. The molecule has 0 bridgehead atoms. The van der Waals surface area contributed by atoms with E-state index in [9.17, 15) is 14.4 Å². The summed E-state index contributed by atoms with van der Waals surface area (Å²) in [6.07, 6.45) is -0.213. The van der Waals surface area contributed by atoms with Crippen LogP contribution in [0.15, 0.2) is 42.5 Å². The summed E-state index contributed by atoms with van der Waals surface area (Å²) in [6.45, 7) is 6.61. The van der Waals surface area contributed by atoms with Crippen molar-refractivity contribution in [3.63, 3.8) is 0 Å². The largest absolute Gasteiger partial charge is 0.482 e. The molecule has 0 radical (unpaired) electrons. The average molecular weight is 399 g/mol. The van der Waals surface area contributed by atoms with Gasteiger partial charge in [-0.05, 0) is 69.2 Å². The van der Waals surface area contributed by atoms with Crippen LogP contribution >= 0.6 is 0 Å². The quantitative estimate of drug-likeness (QED) is 0.684. The van der Waals surface area contributed by atoms with Gasteiger partial charge < -0.3 is 19.5 Å². The maximum Gasteiger partial charge on any atom is 0.344 e. The zero-order chi connectivity index (χ0) is 21.4. The van der Waals surface area contributed by atoms with Gasteiger partial charge in [-0.25, -0.2) is 9.59 Å². The fraction of sp³-hybridized carbons (Fsp3) is 0.318. The van der Waals surface area contributed by atoms with Gasteiger partial charge in [0.1, 0.15) is 5.75 Å². The van der Waals surface area contributed by atoms with E-state index in [0.717, 1.165) is 11.1 Å². The molecule has 0 aliphatic carbocycles. The molecule has 154 valence electrons. The van der Waals surface area contributed by atoms with E-state index >= 15 is 0 Å². The highest BCUT2D eigenvalue weighted by atomic mass is 16.6. The zero-order valence-electron chi connectivity index (χ0n) is 17.0. The van der Waals surface area contributed by atoms with Crippen LogP contribution in [-0.2, 0) is 19.1 Å². The molecule has 0 fully saturated rings. The van der Waals surface area contributed by atoms with Crippen LogP contribution in [0.25, 0.3) is 0 Å². The summed E-state index contributed by atoms with van der Waals surface area (Å²) in [7, 11) is 0. The Morgan fingerprint density at radius 1 is 0.966 bits per heavy atom. The number of carbonyl (C=O) groups is 3. The number of carbonyl (C=O) groups excluding carboxylic acids is 3. The molecule has 0 saturated heterocycles. The monoisotopic (exact) mass is 399 g/mol. The molecule has 0 atom stereocenters. The molecule has 2 aromatic carbocycles. The van der Waals surface area contributed by atoms with Crippen molar-refractivity contribution in [2.45, 2.75) is 33.8 Å². The minimum Gasteiger partial charge on any atom is -0.482 e. The van der Waals surface area contributed by atoms with Crippen LogP contribution in [-0.4, -0.2) is 37.2 Å². The molecule has 29 heavy (non-hydrogen) atoms. The topological polar surface area (TPSA) is 90.9 Å². The maximum absolute atomic E-state index is 11.9. The highest BCUT2D eigenvalue weighted by molar-refractivity contribution is 5.94. The molecule has 2 rings (SSSR count). The second kappa shape index (κ2) is 10.3. The van der Waals surface area contributed by atoms with Gasteiger partial charge in [0.2, 0.25) is 0 Å². The van der Waals surface area contributed by atoms with Crippen LogP contribution in [0.5, 0.6) is 5.75 Å². The Kier molecular flexibility index (Phi) is 7.77. The summed E-state index contributed by atoms with van der Waals surface area (Å²) in [4.78, 5) is 35.5. The van der Waals surface area contributed by atoms with Crippen molar-refractivity contribution in [3.05, 3.63) is 59.2 Å². The smallest absolute Gasteiger partial charge is 0.344 e. The Morgan fingerprint density at radius 3 is 2.31 bits per heavy atom.